The molecule has 0 bridgehead atoms. The number of nitrogen functional groups attached to an aromatic ring is 1. The van der Waals surface area contributed by atoms with Crippen LogP contribution >= 0.6 is 0 Å². The van der Waals surface area contributed by atoms with E-state index in [-0.39, 0.29) is 11.8 Å². The van der Waals surface area contributed by atoms with Crippen molar-refractivity contribution in [3.63, 3.8) is 0 Å². The highest BCUT2D eigenvalue weighted by Gasteiger charge is 2.20. The minimum Gasteiger partial charge on any atom is -0.397 e. The Balaban J connectivity index is 2.00. The molecule has 0 spiro atoms. The summed E-state index contributed by atoms with van der Waals surface area (Å²) in [4.78, 5) is 24.7. The Morgan fingerprint density at radius 3 is 2.90 bits per heavy atom. The zero-order chi connectivity index (χ0) is 15.1. The highest BCUT2D eigenvalue weighted by atomic mass is 16.2. The number of hydrogen-bond donors (Lipinski definition) is 2. The summed E-state index contributed by atoms with van der Waals surface area (Å²) >= 11 is 0. The summed E-state index contributed by atoms with van der Waals surface area (Å²) < 4.78 is 1.54. The summed E-state index contributed by atoms with van der Waals surface area (Å²) in [6, 6.07) is 5.16. The summed E-state index contributed by atoms with van der Waals surface area (Å²) in [5, 5.41) is 7.01. The van der Waals surface area contributed by atoms with Crippen LogP contribution in [0.1, 0.15) is 16.1 Å². The first-order valence-corrected chi connectivity index (χ1v) is 6.45. The number of carbonyl (C=O) groups excluding carboxylic acids is 2. The van der Waals surface area contributed by atoms with Gasteiger partial charge in [-0.2, -0.15) is 5.10 Å². The van der Waals surface area contributed by atoms with Gasteiger partial charge >= 0.3 is 0 Å². The van der Waals surface area contributed by atoms with Crippen molar-refractivity contribution >= 4 is 23.2 Å². The summed E-state index contributed by atoms with van der Waals surface area (Å²) in [5.41, 5.74) is 9.11. The predicted molar refractivity (Wildman–Crippen MR) is 78.3 cm³/mol. The van der Waals surface area contributed by atoms with E-state index in [1.54, 1.807) is 38.5 Å². The molecule has 1 aromatic heterocycles. The summed E-state index contributed by atoms with van der Waals surface area (Å²) in [7, 11) is 3.33. The van der Waals surface area contributed by atoms with E-state index >= 15 is 0 Å². The fourth-order valence-electron chi connectivity index (χ4n) is 2.28. The van der Waals surface area contributed by atoms with Crippen LogP contribution in [0.5, 0.6) is 0 Å². The van der Waals surface area contributed by atoms with Crippen molar-refractivity contribution in [2.75, 3.05) is 25.1 Å². The number of carbonyl (C=O) groups is 2. The molecule has 0 unspecified atom stereocenters. The molecule has 7 nitrogen and oxygen atoms in total. The molecule has 1 aliphatic rings. The van der Waals surface area contributed by atoms with E-state index in [1.807, 2.05) is 0 Å². The Morgan fingerprint density at radius 2 is 2.19 bits per heavy atom. The molecule has 3 N–H and O–H groups in total. The van der Waals surface area contributed by atoms with E-state index in [0.29, 0.717) is 23.5 Å². The molecule has 1 aliphatic heterocycles. The van der Waals surface area contributed by atoms with E-state index in [4.69, 9.17) is 5.73 Å². The van der Waals surface area contributed by atoms with Crippen LogP contribution in [0.15, 0.2) is 24.4 Å². The minimum atomic E-state index is -0.179. The Hall–Kier alpha value is -2.83. The van der Waals surface area contributed by atoms with Crippen LogP contribution in [0.25, 0.3) is 5.69 Å². The molecular formula is C14H15N5O2. The SMILES string of the molecule is CN(C)C(=O)c1ccn(-c2cc3c(cc2N)CC(=O)N3)n1. The second-order valence-electron chi connectivity index (χ2n) is 5.14. The summed E-state index contributed by atoms with van der Waals surface area (Å²) in [5.74, 6) is -0.229. The molecule has 2 heterocycles. The number of hydrogen-bond acceptors (Lipinski definition) is 4. The minimum absolute atomic E-state index is 0.0505. The number of amides is 2. The van der Waals surface area contributed by atoms with Gasteiger partial charge in [-0.15, -0.1) is 0 Å². The third-order valence-electron chi connectivity index (χ3n) is 3.34. The smallest absolute Gasteiger partial charge is 0.273 e. The average Bonchev–Trinajstić information content (AvgIpc) is 3.02. The standard InChI is InChI=1S/C14H15N5O2/c1-18(2)14(21)10-3-4-19(17-10)12-7-11-8(5-9(12)15)6-13(20)16-11/h3-5,7H,6,15H2,1-2H3,(H,16,20). The number of fused-ring (bicyclic) bond motifs is 1. The number of aromatic nitrogens is 2. The van der Waals surface area contributed by atoms with E-state index < -0.39 is 0 Å². The van der Waals surface area contributed by atoms with Crippen molar-refractivity contribution in [1.82, 2.24) is 14.7 Å². The van der Waals surface area contributed by atoms with Crippen LogP contribution in [-0.4, -0.2) is 40.6 Å². The number of nitrogens with one attached hydrogen (secondary N) is 1. The average molecular weight is 285 g/mol. The lowest BCUT2D eigenvalue weighted by Gasteiger charge is -2.09. The molecule has 21 heavy (non-hydrogen) atoms. The van der Waals surface area contributed by atoms with Crippen molar-refractivity contribution in [1.29, 1.82) is 0 Å². The Labute approximate surface area is 121 Å². The Bertz CT molecular complexity index is 748. The molecule has 0 saturated heterocycles. The van der Waals surface area contributed by atoms with Gasteiger partial charge in [-0.05, 0) is 23.8 Å². The predicted octanol–water partition coefficient (Wildman–Crippen LogP) is 0.651. The van der Waals surface area contributed by atoms with Crippen LogP contribution in [-0.2, 0) is 11.2 Å². The third-order valence-corrected chi connectivity index (χ3v) is 3.34. The van der Waals surface area contributed by atoms with Crippen LogP contribution < -0.4 is 11.1 Å². The van der Waals surface area contributed by atoms with Crippen molar-refractivity contribution in [2.24, 2.45) is 0 Å². The molecule has 108 valence electrons. The maximum Gasteiger partial charge on any atom is 0.273 e. The normalized spacial score (nSPS) is 13.0. The second-order valence-corrected chi connectivity index (χ2v) is 5.14. The van der Waals surface area contributed by atoms with Gasteiger partial charge in [0.1, 0.15) is 0 Å². The van der Waals surface area contributed by atoms with Crippen molar-refractivity contribution in [3.05, 3.63) is 35.7 Å². The summed E-state index contributed by atoms with van der Waals surface area (Å²) in [6.45, 7) is 0. The van der Waals surface area contributed by atoms with Gasteiger partial charge in [0.2, 0.25) is 5.91 Å². The van der Waals surface area contributed by atoms with E-state index in [1.165, 1.54) is 9.58 Å². The van der Waals surface area contributed by atoms with Gasteiger partial charge in [-0.3, -0.25) is 9.59 Å². The quantitative estimate of drug-likeness (QED) is 0.792. The van der Waals surface area contributed by atoms with Gasteiger partial charge in [0, 0.05) is 26.0 Å². The molecule has 2 amide bonds. The third kappa shape index (κ3) is 2.22. The van der Waals surface area contributed by atoms with Crippen molar-refractivity contribution in [2.45, 2.75) is 6.42 Å². The highest BCUT2D eigenvalue weighted by molar-refractivity contribution is 6.00. The lowest BCUT2D eigenvalue weighted by atomic mass is 10.1. The first kappa shape index (κ1) is 13.2. The van der Waals surface area contributed by atoms with E-state index in [0.717, 1.165) is 11.3 Å². The zero-order valence-corrected chi connectivity index (χ0v) is 11.8. The van der Waals surface area contributed by atoms with Gasteiger partial charge in [0.25, 0.3) is 5.91 Å². The van der Waals surface area contributed by atoms with Crippen LogP contribution in [0.2, 0.25) is 0 Å². The van der Waals surface area contributed by atoms with E-state index in [2.05, 4.69) is 10.4 Å². The van der Waals surface area contributed by atoms with Gasteiger partial charge in [0.15, 0.2) is 5.69 Å². The molecule has 0 atom stereocenters. The summed E-state index contributed by atoms with van der Waals surface area (Å²) in [6.07, 6.45) is 2.01. The van der Waals surface area contributed by atoms with Gasteiger partial charge < -0.3 is 16.0 Å². The van der Waals surface area contributed by atoms with Crippen LogP contribution in [0, 0.1) is 0 Å². The Kier molecular flexibility index (Phi) is 2.90. The van der Waals surface area contributed by atoms with Crippen LogP contribution in [0.4, 0.5) is 11.4 Å². The fraction of sp³-hybridized carbons (Fsp3) is 0.214. The molecule has 3 rings (SSSR count). The van der Waals surface area contributed by atoms with Gasteiger partial charge in [-0.1, -0.05) is 0 Å². The monoisotopic (exact) mass is 285 g/mol. The number of anilines is 2. The van der Waals surface area contributed by atoms with Crippen LogP contribution in [0.3, 0.4) is 0 Å². The number of nitrogens with zero attached hydrogens (tertiary/aromatic N) is 3. The molecule has 0 radical (unpaired) electrons. The second kappa shape index (κ2) is 4.62. The van der Waals surface area contributed by atoms with E-state index in [9.17, 15) is 9.59 Å². The zero-order valence-electron chi connectivity index (χ0n) is 11.8. The number of rotatable bonds is 2. The molecule has 0 aliphatic carbocycles. The fourth-order valence-corrected chi connectivity index (χ4v) is 2.28. The Morgan fingerprint density at radius 1 is 1.43 bits per heavy atom. The number of benzene rings is 1. The van der Waals surface area contributed by atoms with Crippen molar-refractivity contribution < 1.29 is 9.59 Å². The maximum absolute atomic E-state index is 11.9. The number of nitrogens with two attached hydrogens (primary N) is 1. The molecule has 7 heteroatoms. The first-order chi connectivity index (χ1) is 9.95. The molecule has 2 aromatic rings. The lowest BCUT2D eigenvalue weighted by molar-refractivity contribution is -0.115. The molecule has 0 saturated carbocycles. The molecule has 1 aromatic carbocycles. The first-order valence-electron chi connectivity index (χ1n) is 6.45. The lowest BCUT2D eigenvalue weighted by Crippen LogP contribution is -2.22. The largest absolute Gasteiger partial charge is 0.397 e. The highest BCUT2D eigenvalue weighted by Crippen LogP contribution is 2.30. The van der Waals surface area contributed by atoms with Gasteiger partial charge in [-0.25, -0.2) is 4.68 Å². The molecule has 0 fully saturated rings. The maximum atomic E-state index is 11.9. The van der Waals surface area contributed by atoms with Crippen molar-refractivity contribution in [3.8, 4) is 5.69 Å². The molecular weight excluding hydrogens is 270 g/mol. The van der Waals surface area contributed by atoms with Gasteiger partial charge in [0.05, 0.1) is 17.8 Å². The topological polar surface area (TPSA) is 93.3 Å².